The average molecular weight is 220 g/mol. The van der Waals surface area contributed by atoms with Crippen LogP contribution >= 0.6 is 0 Å². The number of aromatic nitrogens is 3. The molecule has 2 aliphatic carbocycles. The maximum Gasteiger partial charge on any atom is 0.154 e. The Balaban J connectivity index is 1.86. The predicted molar refractivity (Wildman–Crippen MR) is 62.2 cm³/mol. The van der Waals surface area contributed by atoms with Gasteiger partial charge in [-0.3, -0.25) is 4.68 Å². The van der Waals surface area contributed by atoms with Crippen LogP contribution in [0.4, 0.5) is 0 Å². The zero-order chi connectivity index (χ0) is 11.1. The summed E-state index contributed by atoms with van der Waals surface area (Å²) in [5.41, 5.74) is 6.20. The molecule has 3 rings (SSSR count). The van der Waals surface area contributed by atoms with Gasteiger partial charge in [0.2, 0.25) is 0 Å². The summed E-state index contributed by atoms with van der Waals surface area (Å²) in [6.45, 7) is 0. The van der Waals surface area contributed by atoms with Crippen LogP contribution in [-0.2, 0) is 7.05 Å². The van der Waals surface area contributed by atoms with Crippen molar-refractivity contribution in [1.29, 1.82) is 0 Å². The highest BCUT2D eigenvalue weighted by atomic mass is 15.3. The number of aryl methyl sites for hydroxylation is 1. The summed E-state index contributed by atoms with van der Waals surface area (Å²) in [5.74, 6) is 3.24. The summed E-state index contributed by atoms with van der Waals surface area (Å²) in [6.07, 6.45) is 7.39. The predicted octanol–water partition coefficient (Wildman–Crippen LogP) is 1.68. The van der Waals surface area contributed by atoms with Crippen molar-refractivity contribution in [3.8, 4) is 0 Å². The molecule has 0 bridgehead atoms. The fourth-order valence-electron chi connectivity index (χ4n) is 2.73. The van der Waals surface area contributed by atoms with Gasteiger partial charge in [0, 0.05) is 24.9 Å². The molecule has 2 N–H and O–H groups in total. The number of rotatable bonds is 2. The van der Waals surface area contributed by atoms with Crippen molar-refractivity contribution in [3.63, 3.8) is 0 Å². The van der Waals surface area contributed by atoms with Gasteiger partial charge in [-0.05, 0) is 25.7 Å². The van der Waals surface area contributed by atoms with Crippen molar-refractivity contribution in [2.75, 3.05) is 0 Å². The summed E-state index contributed by atoms with van der Waals surface area (Å²) in [5, 5.41) is 4.53. The molecule has 1 heterocycles. The van der Waals surface area contributed by atoms with Crippen molar-refractivity contribution in [2.45, 2.75) is 56.4 Å². The third-order valence-electron chi connectivity index (χ3n) is 3.91. The smallest absolute Gasteiger partial charge is 0.154 e. The first-order valence-electron chi connectivity index (χ1n) is 6.42. The van der Waals surface area contributed by atoms with E-state index in [1.54, 1.807) is 0 Å². The van der Waals surface area contributed by atoms with Crippen molar-refractivity contribution in [1.82, 2.24) is 14.8 Å². The molecular weight excluding hydrogens is 200 g/mol. The highest BCUT2D eigenvalue weighted by Gasteiger charge is 2.32. The second-order valence-electron chi connectivity index (χ2n) is 5.28. The molecule has 2 atom stereocenters. The molecule has 0 spiro atoms. The Hall–Kier alpha value is -0.900. The molecule has 4 heteroatoms. The highest BCUT2D eigenvalue weighted by molar-refractivity contribution is 5.10. The highest BCUT2D eigenvalue weighted by Crippen LogP contribution is 2.39. The van der Waals surface area contributed by atoms with Gasteiger partial charge in [-0.25, -0.2) is 4.98 Å². The van der Waals surface area contributed by atoms with E-state index in [0.29, 0.717) is 11.8 Å². The lowest BCUT2D eigenvalue weighted by atomic mass is 9.84. The lowest BCUT2D eigenvalue weighted by Crippen LogP contribution is -2.33. The van der Waals surface area contributed by atoms with Crippen LogP contribution in [0.5, 0.6) is 0 Å². The standard InChI is InChI=1S/C12H20N4/c1-16-12(9-4-2-3-5-10(9)13)14-11(15-16)8-6-7-8/h8-10H,2-7,13H2,1H3. The second-order valence-corrected chi connectivity index (χ2v) is 5.28. The van der Waals surface area contributed by atoms with Gasteiger partial charge >= 0.3 is 0 Å². The summed E-state index contributed by atoms with van der Waals surface area (Å²) in [6, 6.07) is 0.281. The molecule has 2 unspecified atom stereocenters. The number of nitrogens with zero attached hydrogens (tertiary/aromatic N) is 3. The first-order chi connectivity index (χ1) is 7.75. The largest absolute Gasteiger partial charge is 0.327 e. The van der Waals surface area contributed by atoms with Gasteiger partial charge in [0.15, 0.2) is 5.82 Å². The summed E-state index contributed by atoms with van der Waals surface area (Å²) in [4.78, 5) is 4.72. The Morgan fingerprint density at radius 3 is 2.62 bits per heavy atom. The van der Waals surface area contributed by atoms with E-state index in [1.165, 1.54) is 32.1 Å². The third kappa shape index (κ3) is 1.75. The average Bonchev–Trinajstić information content (AvgIpc) is 3.04. The van der Waals surface area contributed by atoms with E-state index in [4.69, 9.17) is 10.7 Å². The Labute approximate surface area is 96.2 Å². The Morgan fingerprint density at radius 1 is 1.19 bits per heavy atom. The minimum absolute atomic E-state index is 0.281. The van der Waals surface area contributed by atoms with E-state index < -0.39 is 0 Å². The third-order valence-corrected chi connectivity index (χ3v) is 3.91. The molecule has 4 nitrogen and oxygen atoms in total. The maximum atomic E-state index is 6.20. The number of hydrogen-bond donors (Lipinski definition) is 1. The minimum Gasteiger partial charge on any atom is -0.327 e. The van der Waals surface area contributed by atoms with Gasteiger partial charge in [0.1, 0.15) is 5.82 Å². The molecule has 0 radical (unpaired) electrons. The van der Waals surface area contributed by atoms with Crippen molar-refractivity contribution in [3.05, 3.63) is 11.6 Å². The van der Waals surface area contributed by atoms with Crippen LogP contribution in [0, 0.1) is 0 Å². The fourth-order valence-corrected chi connectivity index (χ4v) is 2.73. The van der Waals surface area contributed by atoms with Crippen LogP contribution in [0.3, 0.4) is 0 Å². The molecule has 0 amide bonds. The monoisotopic (exact) mass is 220 g/mol. The van der Waals surface area contributed by atoms with Crippen molar-refractivity contribution < 1.29 is 0 Å². The van der Waals surface area contributed by atoms with Crippen LogP contribution in [0.2, 0.25) is 0 Å². The van der Waals surface area contributed by atoms with Crippen LogP contribution in [0.25, 0.3) is 0 Å². The Bertz CT molecular complexity index is 380. The molecule has 1 aromatic rings. The molecular formula is C12H20N4. The zero-order valence-corrected chi connectivity index (χ0v) is 9.89. The van der Waals surface area contributed by atoms with Crippen molar-refractivity contribution in [2.24, 2.45) is 12.8 Å². The molecule has 88 valence electrons. The molecule has 0 aromatic carbocycles. The minimum atomic E-state index is 0.281. The molecule has 2 saturated carbocycles. The summed E-state index contributed by atoms with van der Waals surface area (Å²) >= 11 is 0. The van der Waals surface area contributed by atoms with Crippen LogP contribution < -0.4 is 5.73 Å². The number of hydrogen-bond acceptors (Lipinski definition) is 3. The molecule has 16 heavy (non-hydrogen) atoms. The second kappa shape index (κ2) is 3.84. The topological polar surface area (TPSA) is 56.7 Å². The zero-order valence-electron chi connectivity index (χ0n) is 9.89. The quantitative estimate of drug-likeness (QED) is 0.825. The molecule has 1 aromatic heterocycles. The van der Waals surface area contributed by atoms with Gasteiger partial charge in [-0.15, -0.1) is 0 Å². The summed E-state index contributed by atoms with van der Waals surface area (Å²) < 4.78 is 1.96. The van der Waals surface area contributed by atoms with Crippen LogP contribution in [0.1, 0.15) is 62.0 Å². The van der Waals surface area contributed by atoms with Gasteiger partial charge in [0.25, 0.3) is 0 Å². The fraction of sp³-hybridized carbons (Fsp3) is 0.833. The van der Waals surface area contributed by atoms with Crippen LogP contribution in [-0.4, -0.2) is 20.8 Å². The van der Waals surface area contributed by atoms with E-state index in [1.807, 2.05) is 11.7 Å². The first kappa shape index (κ1) is 10.3. The lowest BCUT2D eigenvalue weighted by Gasteiger charge is -2.27. The van der Waals surface area contributed by atoms with Crippen LogP contribution in [0.15, 0.2) is 0 Å². The molecule has 0 saturated heterocycles. The van der Waals surface area contributed by atoms with E-state index in [9.17, 15) is 0 Å². The van der Waals surface area contributed by atoms with Gasteiger partial charge < -0.3 is 5.73 Å². The van der Waals surface area contributed by atoms with Gasteiger partial charge in [-0.1, -0.05) is 12.8 Å². The lowest BCUT2D eigenvalue weighted by molar-refractivity contribution is 0.364. The van der Waals surface area contributed by atoms with E-state index in [0.717, 1.165) is 18.1 Å². The molecule has 2 fully saturated rings. The van der Waals surface area contributed by atoms with E-state index in [2.05, 4.69) is 5.10 Å². The van der Waals surface area contributed by atoms with Crippen molar-refractivity contribution >= 4 is 0 Å². The molecule has 0 aliphatic heterocycles. The SMILES string of the molecule is Cn1nc(C2CC2)nc1C1CCCCC1N. The Morgan fingerprint density at radius 2 is 1.94 bits per heavy atom. The Kier molecular flexibility index (Phi) is 2.46. The van der Waals surface area contributed by atoms with E-state index >= 15 is 0 Å². The van der Waals surface area contributed by atoms with Gasteiger partial charge in [-0.2, -0.15) is 5.10 Å². The number of nitrogens with two attached hydrogens (primary N) is 1. The van der Waals surface area contributed by atoms with E-state index in [-0.39, 0.29) is 6.04 Å². The van der Waals surface area contributed by atoms with Gasteiger partial charge in [0.05, 0.1) is 0 Å². The maximum absolute atomic E-state index is 6.20. The normalized spacial score (nSPS) is 30.6. The molecule has 2 aliphatic rings. The first-order valence-corrected chi connectivity index (χ1v) is 6.42. The summed E-state index contributed by atoms with van der Waals surface area (Å²) in [7, 11) is 2.01.